The highest BCUT2D eigenvalue weighted by Crippen LogP contribution is 2.19. The molecule has 3 rings (SSSR count). The third-order valence-corrected chi connectivity index (χ3v) is 5.39. The Bertz CT molecular complexity index is 868. The number of benzene rings is 1. The Morgan fingerprint density at radius 1 is 1.07 bits per heavy atom. The highest BCUT2D eigenvalue weighted by atomic mass is 19.1. The fourth-order valence-corrected chi connectivity index (χ4v) is 3.69. The maximum absolute atomic E-state index is 13.1. The van der Waals surface area contributed by atoms with Crippen molar-refractivity contribution < 1.29 is 18.7 Å². The van der Waals surface area contributed by atoms with E-state index in [0.29, 0.717) is 45.9 Å². The Morgan fingerprint density at radius 2 is 1.72 bits per heavy atom. The summed E-state index contributed by atoms with van der Waals surface area (Å²) >= 11 is 0. The van der Waals surface area contributed by atoms with Crippen molar-refractivity contribution in [3.05, 3.63) is 58.7 Å². The zero-order valence-corrected chi connectivity index (χ0v) is 17.3. The van der Waals surface area contributed by atoms with Gasteiger partial charge in [-0.15, -0.1) is 0 Å². The van der Waals surface area contributed by atoms with Gasteiger partial charge in [-0.2, -0.15) is 0 Å². The number of piperazine rings is 1. The van der Waals surface area contributed by atoms with Gasteiger partial charge < -0.3 is 14.2 Å². The molecular weight excluding hydrogens is 373 g/mol. The number of carbonyl (C=O) groups excluding carboxylic acids is 2. The molecule has 0 unspecified atom stereocenters. The first-order valence-corrected chi connectivity index (χ1v) is 9.97. The van der Waals surface area contributed by atoms with Gasteiger partial charge in [-0.3, -0.25) is 9.69 Å². The Kier molecular flexibility index (Phi) is 6.69. The summed E-state index contributed by atoms with van der Waals surface area (Å²) in [5.74, 6) is -0.179. The number of aryl methyl sites for hydroxylation is 1. The van der Waals surface area contributed by atoms with Crippen LogP contribution in [0.25, 0.3) is 0 Å². The standard InChI is InChI=1S/C22H28FN3O3/c1-4-29-22(28)25-11-9-24(10-12-25)15-21(27)20-13-16(2)26(17(20)3)14-18-5-7-19(23)8-6-18/h5-8,13H,4,9-12,14-15H2,1-3H3. The molecule has 1 saturated heterocycles. The molecule has 1 fully saturated rings. The average Bonchev–Trinajstić information content (AvgIpc) is 2.98. The van der Waals surface area contributed by atoms with Gasteiger partial charge in [0.1, 0.15) is 5.82 Å². The van der Waals surface area contributed by atoms with Crippen LogP contribution >= 0.6 is 0 Å². The number of carbonyl (C=O) groups is 2. The van der Waals surface area contributed by atoms with Crippen LogP contribution < -0.4 is 0 Å². The second-order valence-electron chi connectivity index (χ2n) is 7.38. The normalized spacial score (nSPS) is 14.8. The number of nitrogens with zero attached hydrogens (tertiary/aromatic N) is 3. The molecule has 0 spiro atoms. The molecule has 1 amide bonds. The van der Waals surface area contributed by atoms with Crippen molar-refractivity contribution in [2.24, 2.45) is 0 Å². The summed E-state index contributed by atoms with van der Waals surface area (Å²) in [5.41, 5.74) is 3.63. The summed E-state index contributed by atoms with van der Waals surface area (Å²) in [4.78, 5) is 28.5. The summed E-state index contributed by atoms with van der Waals surface area (Å²) in [6.45, 7) is 9.45. The molecule has 156 valence electrons. The number of rotatable bonds is 6. The van der Waals surface area contributed by atoms with Crippen molar-refractivity contribution in [3.63, 3.8) is 0 Å². The lowest BCUT2D eigenvalue weighted by atomic mass is 10.1. The minimum absolute atomic E-state index is 0.0769. The van der Waals surface area contributed by atoms with Gasteiger partial charge in [0.15, 0.2) is 5.78 Å². The Balaban J connectivity index is 1.62. The van der Waals surface area contributed by atoms with Gasteiger partial charge >= 0.3 is 6.09 Å². The number of ketones is 1. The van der Waals surface area contributed by atoms with Crippen LogP contribution in [0, 0.1) is 19.7 Å². The summed E-state index contributed by atoms with van der Waals surface area (Å²) in [6.07, 6.45) is -0.289. The first-order chi connectivity index (χ1) is 13.9. The molecule has 0 radical (unpaired) electrons. The predicted molar refractivity (Wildman–Crippen MR) is 109 cm³/mol. The number of halogens is 1. The molecule has 2 aromatic rings. The van der Waals surface area contributed by atoms with Crippen molar-refractivity contribution >= 4 is 11.9 Å². The monoisotopic (exact) mass is 401 g/mol. The molecule has 0 atom stereocenters. The van der Waals surface area contributed by atoms with E-state index in [1.807, 2.05) is 19.9 Å². The lowest BCUT2D eigenvalue weighted by Crippen LogP contribution is -2.50. The van der Waals surface area contributed by atoms with Crippen LogP contribution in [-0.4, -0.2) is 65.6 Å². The van der Waals surface area contributed by atoms with Gasteiger partial charge in [0.05, 0.1) is 13.2 Å². The minimum atomic E-state index is -0.289. The molecule has 1 aliphatic heterocycles. The molecule has 1 aromatic carbocycles. The van der Waals surface area contributed by atoms with E-state index >= 15 is 0 Å². The quantitative estimate of drug-likeness (QED) is 0.698. The lowest BCUT2D eigenvalue weighted by molar-refractivity contribution is 0.0733. The first-order valence-electron chi connectivity index (χ1n) is 9.97. The average molecular weight is 401 g/mol. The largest absolute Gasteiger partial charge is 0.450 e. The smallest absolute Gasteiger partial charge is 0.409 e. The minimum Gasteiger partial charge on any atom is -0.450 e. The topological polar surface area (TPSA) is 54.8 Å². The van der Waals surface area contributed by atoms with Crippen molar-refractivity contribution in [2.75, 3.05) is 39.3 Å². The zero-order valence-electron chi connectivity index (χ0n) is 17.3. The summed E-state index contributed by atoms with van der Waals surface area (Å²) in [7, 11) is 0. The second kappa shape index (κ2) is 9.22. The summed E-state index contributed by atoms with van der Waals surface area (Å²) < 4.78 is 20.3. The van der Waals surface area contributed by atoms with Gasteiger partial charge in [0, 0.05) is 49.7 Å². The molecule has 2 heterocycles. The van der Waals surface area contributed by atoms with Crippen molar-refractivity contribution in [1.29, 1.82) is 0 Å². The highest BCUT2D eigenvalue weighted by Gasteiger charge is 2.24. The zero-order chi connectivity index (χ0) is 21.0. The van der Waals surface area contributed by atoms with Gasteiger partial charge in [-0.05, 0) is 44.5 Å². The maximum atomic E-state index is 13.1. The van der Waals surface area contributed by atoms with Crippen LogP contribution in [0.1, 0.15) is 34.2 Å². The fraction of sp³-hybridized carbons (Fsp3) is 0.455. The van der Waals surface area contributed by atoms with E-state index in [1.165, 1.54) is 12.1 Å². The van der Waals surface area contributed by atoms with E-state index in [1.54, 1.807) is 24.0 Å². The number of hydrogen-bond donors (Lipinski definition) is 0. The molecule has 7 heteroatoms. The number of aromatic nitrogens is 1. The van der Waals surface area contributed by atoms with Gasteiger partial charge in [-0.1, -0.05) is 12.1 Å². The number of amides is 1. The summed E-state index contributed by atoms with van der Waals surface area (Å²) in [6, 6.07) is 8.35. The molecule has 1 aliphatic rings. The van der Waals surface area contributed by atoms with Crippen LogP contribution in [0.5, 0.6) is 0 Å². The summed E-state index contributed by atoms with van der Waals surface area (Å²) in [5, 5.41) is 0. The number of Topliss-reactive ketones (excluding diaryl/α,β-unsaturated/α-hetero) is 1. The Morgan fingerprint density at radius 3 is 2.34 bits per heavy atom. The van der Waals surface area contributed by atoms with Gasteiger partial charge in [0.25, 0.3) is 0 Å². The Labute approximate surface area is 170 Å². The van der Waals surface area contributed by atoms with Crippen LogP contribution in [0.3, 0.4) is 0 Å². The molecule has 0 saturated carbocycles. The highest BCUT2D eigenvalue weighted by molar-refractivity contribution is 5.99. The fourth-order valence-electron chi connectivity index (χ4n) is 3.69. The van der Waals surface area contributed by atoms with Crippen LogP contribution in [0.2, 0.25) is 0 Å². The van der Waals surface area contributed by atoms with E-state index in [2.05, 4.69) is 9.47 Å². The van der Waals surface area contributed by atoms with Crippen molar-refractivity contribution in [1.82, 2.24) is 14.4 Å². The molecule has 0 N–H and O–H groups in total. The van der Waals surface area contributed by atoms with Crippen LogP contribution in [0.15, 0.2) is 30.3 Å². The Hall–Kier alpha value is -2.67. The predicted octanol–water partition coefficient (Wildman–Crippen LogP) is 3.25. The molecule has 1 aromatic heterocycles. The molecule has 0 bridgehead atoms. The van der Waals surface area contributed by atoms with Crippen LogP contribution in [0.4, 0.5) is 9.18 Å². The SMILES string of the molecule is CCOC(=O)N1CCN(CC(=O)c2cc(C)n(Cc3ccc(F)cc3)c2C)CC1. The molecule has 6 nitrogen and oxygen atoms in total. The van der Waals surface area contributed by atoms with Gasteiger partial charge in [0.2, 0.25) is 0 Å². The van der Waals surface area contributed by atoms with E-state index in [4.69, 9.17) is 4.74 Å². The number of ether oxygens (including phenoxy) is 1. The van der Waals surface area contributed by atoms with E-state index < -0.39 is 0 Å². The van der Waals surface area contributed by atoms with E-state index in [0.717, 1.165) is 22.5 Å². The molecule has 29 heavy (non-hydrogen) atoms. The first kappa shape index (κ1) is 21.0. The van der Waals surface area contributed by atoms with Crippen molar-refractivity contribution in [2.45, 2.75) is 27.3 Å². The third kappa shape index (κ3) is 5.03. The van der Waals surface area contributed by atoms with E-state index in [9.17, 15) is 14.0 Å². The van der Waals surface area contributed by atoms with Crippen LogP contribution in [-0.2, 0) is 11.3 Å². The maximum Gasteiger partial charge on any atom is 0.409 e. The molecule has 0 aliphatic carbocycles. The lowest BCUT2D eigenvalue weighted by Gasteiger charge is -2.33. The second-order valence-corrected chi connectivity index (χ2v) is 7.38. The van der Waals surface area contributed by atoms with Gasteiger partial charge in [-0.25, -0.2) is 9.18 Å². The number of hydrogen-bond acceptors (Lipinski definition) is 4. The third-order valence-electron chi connectivity index (χ3n) is 5.39. The molecular formula is C22H28FN3O3. The van der Waals surface area contributed by atoms with Crippen molar-refractivity contribution in [3.8, 4) is 0 Å². The van der Waals surface area contributed by atoms with E-state index in [-0.39, 0.29) is 17.7 Å².